The van der Waals surface area contributed by atoms with Crippen LogP contribution in [0.4, 0.5) is 0 Å². The summed E-state index contributed by atoms with van der Waals surface area (Å²) in [6.45, 7) is 5.71. The molecule has 110 valence electrons. The summed E-state index contributed by atoms with van der Waals surface area (Å²) in [6.07, 6.45) is 1.65. The summed E-state index contributed by atoms with van der Waals surface area (Å²) < 4.78 is 0. The van der Waals surface area contributed by atoms with Crippen molar-refractivity contribution in [3.05, 3.63) is 35.4 Å². The fraction of sp³-hybridized carbons (Fsp3) is 0.562. The lowest BCUT2D eigenvalue weighted by Crippen LogP contribution is -2.44. The minimum absolute atomic E-state index is 0.128. The third kappa shape index (κ3) is 4.05. The highest BCUT2D eigenvalue weighted by atomic mass is 16.1. The Hall–Kier alpha value is -1.39. The standard InChI is InChI=1S/C16H25N3O/c1-13(11-18-16(20)7-9-17-2)19-10-8-14-5-3-4-6-15(14)12-19/h3-6,13,17H,7-12H2,1-2H3,(H,18,20). The Morgan fingerprint density at radius 1 is 1.35 bits per heavy atom. The Bertz CT molecular complexity index is 447. The number of rotatable bonds is 6. The molecule has 1 heterocycles. The van der Waals surface area contributed by atoms with Crippen LogP contribution in [0.15, 0.2) is 24.3 Å². The van der Waals surface area contributed by atoms with Crippen LogP contribution in [-0.2, 0) is 17.8 Å². The van der Waals surface area contributed by atoms with Crippen molar-refractivity contribution in [2.24, 2.45) is 0 Å². The molecule has 1 unspecified atom stereocenters. The first kappa shape index (κ1) is 15.0. The third-order valence-corrected chi connectivity index (χ3v) is 3.98. The van der Waals surface area contributed by atoms with E-state index < -0.39 is 0 Å². The number of benzene rings is 1. The Labute approximate surface area is 121 Å². The topological polar surface area (TPSA) is 44.4 Å². The van der Waals surface area contributed by atoms with Crippen molar-refractivity contribution < 1.29 is 4.79 Å². The average molecular weight is 275 g/mol. The van der Waals surface area contributed by atoms with Crippen molar-refractivity contribution in [2.75, 3.05) is 26.7 Å². The molecular formula is C16H25N3O. The molecule has 1 aliphatic heterocycles. The van der Waals surface area contributed by atoms with Gasteiger partial charge in [-0.05, 0) is 31.5 Å². The minimum atomic E-state index is 0.128. The van der Waals surface area contributed by atoms with E-state index in [1.54, 1.807) is 0 Å². The molecule has 1 aromatic rings. The Morgan fingerprint density at radius 3 is 2.85 bits per heavy atom. The fourth-order valence-corrected chi connectivity index (χ4v) is 2.61. The van der Waals surface area contributed by atoms with Crippen LogP contribution in [-0.4, -0.2) is 43.5 Å². The number of hydrogen-bond acceptors (Lipinski definition) is 3. The predicted octanol–water partition coefficient (Wildman–Crippen LogP) is 1.16. The number of carbonyl (C=O) groups excluding carboxylic acids is 1. The van der Waals surface area contributed by atoms with Crippen LogP contribution in [0, 0.1) is 0 Å². The monoisotopic (exact) mass is 275 g/mol. The third-order valence-electron chi connectivity index (χ3n) is 3.98. The molecule has 0 spiro atoms. The van der Waals surface area contributed by atoms with Crippen molar-refractivity contribution in [1.29, 1.82) is 0 Å². The maximum absolute atomic E-state index is 11.6. The SMILES string of the molecule is CNCCC(=O)NCC(C)N1CCc2ccccc2C1. The van der Waals surface area contributed by atoms with Gasteiger partial charge in [-0.25, -0.2) is 0 Å². The summed E-state index contributed by atoms with van der Waals surface area (Å²) >= 11 is 0. The second kappa shape index (κ2) is 7.41. The second-order valence-corrected chi connectivity index (χ2v) is 5.50. The molecule has 1 aromatic carbocycles. The zero-order valence-corrected chi connectivity index (χ0v) is 12.5. The van der Waals surface area contributed by atoms with E-state index in [-0.39, 0.29) is 5.91 Å². The van der Waals surface area contributed by atoms with Gasteiger partial charge < -0.3 is 10.6 Å². The molecule has 0 aliphatic carbocycles. The molecule has 0 aromatic heterocycles. The molecule has 0 radical (unpaired) electrons. The summed E-state index contributed by atoms with van der Waals surface area (Å²) in [7, 11) is 1.86. The smallest absolute Gasteiger partial charge is 0.221 e. The average Bonchev–Trinajstić information content (AvgIpc) is 2.50. The summed E-state index contributed by atoms with van der Waals surface area (Å²) in [4.78, 5) is 14.1. The van der Waals surface area contributed by atoms with Crippen molar-refractivity contribution in [3.63, 3.8) is 0 Å². The van der Waals surface area contributed by atoms with Crippen LogP contribution in [0.25, 0.3) is 0 Å². The lowest BCUT2D eigenvalue weighted by molar-refractivity contribution is -0.121. The number of amides is 1. The lowest BCUT2D eigenvalue weighted by atomic mass is 9.99. The van der Waals surface area contributed by atoms with Gasteiger partial charge in [0.25, 0.3) is 0 Å². The zero-order valence-electron chi connectivity index (χ0n) is 12.5. The van der Waals surface area contributed by atoms with Gasteiger partial charge in [-0.15, -0.1) is 0 Å². The highest BCUT2D eigenvalue weighted by Crippen LogP contribution is 2.19. The van der Waals surface area contributed by atoms with Crippen molar-refractivity contribution in [2.45, 2.75) is 32.4 Å². The van der Waals surface area contributed by atoms with Gasteiger partial charge >= 0.3 is 0 Å². The van der Waals surface area contributed by atoms with Crippen LogP contribution >= 0.6 is 0 Å². The predicted molar refractivity (Wildman–Crippen MR) is 81.6 cm³/mol. The Morgan fingerprint density at radius 2 is 2.10 bits per heavy atom. The summed E-state index contributed by atoms with van der Waals surface area (Å²) in [5.74, 6) is 0.128. The number of carbonyl (C=O) groups is 1. The van der Waals surface area contributed by atoms with Gasteiger partial charge in [-0.1, -0.05) is 24.3 Å². The summed E-state index contributed by atoms with van der Waals surface area (Å²) in [6, 6.07) is 9.02. The van der Waals surface area contributed by atoms with E-state index in [0.29, 0.717) is 12.5 Å². The Kier molecular flexibility index (Phi) is 5.56. The number of nitrogens with one attached hydrogen (secondary N) is 2. The molecule has 1 aliphatic rings. The molecule has 20 heavy (non-hydrogen) atoms. The number of fused-ring (bicyclic) bond motifs is 1. The van der Waals surface area contributed by atoms with Crippen molar-refractivity contribution >= 4 is 5.91 Å². The molecule has 4 heteroatoms. The number of hydrogen-bond donors (Lipinski definition) is 2. The van der Waals surface area contributed by atoms with Gasteiger partial charge in [0.1, 0.15) is 0 Å². The quantitative estimate of drug-likeness (QED) is 0.819. The Balaban J connectivity index is 1.79. The molecule has 0 fully saturated rings. The lowest BCUT2D eigenvalue weighted by Gasteiger charge is -2.33. The molecule has 2 N–H and O–H groups in total. The van der Waals surface area contributed by atoms with E-state index in [2.05, 4.69) is 46.7 Å². The first-order valence-electron chi connectivity index (χ1n) is 7.43. The van der Waals surface area contributed by atoms with Crippen LogP contribution in [0.1, 0.15) is 24.5 Å². The summed E-state index contributed by atoms with van der Waals surface area (Å²) in [5.41, 5.74) is 2.89. The van der Waals surface area contributed by atoms with Gasteiger partial charge in [-0.3, -0.25) is 9.69 Å². The van der Waals surface area contributed by atoms with Gasteiger partial charge in [0.15, 0.2) is 0 Å². The van der Waals surface area contributed by atoms with Crippen LogP contribution in [0.5, 0.6) is 0 Å². The molecule has 0 bridgehead atoms. The van der Waals surface area contributed by atoms with E-state index >= 15 is 0 Å². The highest BCUT2D eigenvalue weighted by Gasteiger charge is 2.20. The fourth-order valence-electron chi connectivity index (χ4n) is 2.61. The van der Waals surface area contributed by atoms with E-state index in [1.165, 1.54) is 11.1 Å². The van der Waals surface area contributed by atoms with E-state index in [1.807, 2.05) is 7.05 Å². The highest BCUT2D eigenvalue weighted by molar-refractivity contribution is 5.76. The molecule has 0 saturated heterocycles. The van der Waals surface area contributed by atoms with E-state index in [0.717, 1.165) is 32.6 Å². The van der Waals surface area contributed by atoms with Gasteiger partial charge in [0.2, 0.25) is 5.91 Å². The first-order valence-corrected chi connectivity index (χ1v) is 7.43. The van der Waals surface area contributed by atoms with E-state index in [9.17, 15) is 4.79 Å². The molecule has 1 atom stereocenters. The van der Waals surface area contributed by atoms with Gasteiger partial charge in [-0.2, -0.15) is 0 Å². The molecule has 2 rings (SSSR count). The normalized spacial score (nSPS) is 16.5. The zero-order chi connectivity index (χ0) is 14.4. The largest absolute Gasteiger partial charge is 0.355 e. The minimum Gasteiger partial charge on any atom is -0.355 e. The van der Waals surface area contributed by atoms with Crippen molar-refractivity contribution in [1.82, 2.24) is 15.5 Å². The molecular weight excluding hydrogens is 250 g/mol. The second-order valence-electron chi connectivity index (χ2n) is 5.50. The maximum Gasteiger partial charge on any atom is 0.221 e. The van der Waals surface area contributed by atoms with Crippen LogP contribution in [0.2, 0.25) is 0 Å². The van der Waals surface area contributed by atoms with Gasteiger partial charge in [0.05, 0.1) is 0 Å². The summed E-state index contributed by atoms with van der Waals surface area (Å²) in [5, 5.41) is 6.01. The number of nitrogens with zero attached hydrogens (tertiary/aromatic N) is 1. The van der Waals surface area contributed by atoms with E-state index in [4.69, 9.17) is 0 Å². The van der Waals surface area contributed by atoms with Crippen LogP contribution < -0.4 is 10.6 Å². The molecule has 1 amide bonds. The van der Waals surface area contributed by atoms with Gasteiger partial charge in [0, 0.05) is 38.6 Å². The van der Waals surface area contributed by atoms with Crippen LogP contribution in [0.3, 0.4) is 0 Å². The molecule has 4 nitrogen and oxygen atoms in total. The molecule has 0 saturated carbocycles. The first-order chi connectivity index (χ1) is 9.70. The van der Waals surface area contributed by atoms with Crippen molar-refractivity contribution in [3.8, 4) is 0 Å². The maximum atomic E-state index is 11.6.